The Hall–Kier alpha value is -0.650. The smallest absolute Gasteiger partial charge is 0.0738 e. The zero-order valence-electron chi connectivity index (χ0n) is 11.6. The summed E-state index contributed by atoms with van der Waals surface area (Å²) in [4.78, 5) is 0. The van der Waals surface area contributed by atoms with Crippen LogP contribution in [-0.4, -0.2) is 21.5 Å². The van der Waals surface area contributed by atoms with Gasteiger partial charge in [0.2, 0.25) is 0 Å². The van der Waals surface area contributed by atoms with Gasteiger partial charge in [-0.1, -0.05) is 28.1 Å². The van der Waals surface area contributed by atoms with E-state index in [-0.39, 0.29) is 12.5 Å². The van der Waals surface area contributed by atoms with Gasteiger partial charge in [0, 0.05) is 18.1 Å². The molecule has 0 aliphatic rings. The second kappa shape index (κ2) is 6.87. The number of nitrogens with zero attached hydrogens (tertiary/aromatic N) is 2. The molecule has 0 spiro atoms. The van der Waals surface area contributed by atoms with Gasteiger partial charge >= 0.3 is 0 Å². The Balaban J connectivity index is 2.13. The van der Waals surface area contributed by atoms with E-state index in [0.717, 1.165) is 33.2 Å². The number of aryl methyl sites for hydroxylation is 2. The normalized spacial score (nSPS) is 12.7. The van der Waals surface area contributed by atoms with Crippen molar-refractivity contribution in [3.8, 4) is 0 Å². The van der Waals surface area contributed by atoms with Gasteiger partial charge in [0.15, 0.2) is 0 Å². The number of benzene rings is 1. The van der Waals surface area contributed by atoms with Crippen LogP contribution in [-0.2, 0) is 19.9 Å². The van der Waals surface area contributed by atoms with Crippen molar-refractivity contribution in [1.29, 1.82) is 0 Å². The summed E-state index contributed by atoms with van der Waals surface area (Å²) in [6.07, 6.45) is 1.66. The van der Waals surface area contributed by atoms with Crippen LogP contribution in [0.3, 0.4) is 0 Å². The second-order valence-corrected chi connectivity index (χ2v) is 6.77. The summed E-state index contributed by atoms with van der Waals surface area (Å²) >= 11 is 7.07. The monoisotopic (exact) mass is 400 g/mol. The van der Waals surface area contributed by atoms with Crippen molar-refractivity contribution in [1.82, 2.24) is 9.78 Å². The molecule has 2 aromatic rings. The molecular formula is C15H18Br2N2O. The van der Waals surface area contributed by atoms with Gasteiger partial charge in [-0.3, -0.25) is 4.68 Å². The highest BCUT2D eigenvalue weighted by Gasteiger charge is 2.17. The van der Waals surface area contributed by atoms with Crippen LogP contribution in [0.4, 0.5) is 0 Å². The summed E-state index contributed by atoms with van der Waals surface area (Å²) in [6, 6.07) is 8.24. The highest BCUT2D eigenvalue weighted by Crippen LogP contribution is 2.24. The van der Waals surface area contributed by atoms with Crippen LogP contribution in [0.2, 0.25) is 0 Å². The number of aliphatic hydroxyl groups is 1. The molecule has 0 saturated heterocycles. The van der Waals surface area contributed by atoms with Crippen LogP contribution in [0.15, 0.2) is 33.2 Å². The summed E-state index contributed by atoms with van der Waals surface area (Å²) < 4.78 is 4.01. The maximum atomic E-state index is 9.65. The van der Waals surface area contributed by atoms with Gasteiger partial charge in [-0.15, -0.1) is 0 Å². The summed E-state index contributed by atoms with van der Waals surface area (Å²) in [7, 11) is 1.95. The first kappa shape index (κ1) is 15.7. The average molecular weight is 402 g/mol. The van der Waals surface area contributed by atoms with E-state index < -0.39 is 0 Å². The van der Waals surface area contributed by atoms with Crippen molar-refractivity contribution in [2.45, 2.75) is 19.8 Å². The zero-order valence-corrected chi connectivity index (χ0v) is 14.8. The van der Waals surface area contributed by atoms with Gasteiger partial charge in [0.1, 0.15) is 0 Å². The third kappa shape index (κ3) is 3.71. The molecule has 0 radical (unpaired) electrons. The van der Waals surface area contributed by atoms with Crippen LogP contribution in [0.1, 0.15) is 17.0 Å². The van der Waals surface area contributed by atoms with Crippen molar-refractivity contribution in [3.63, 3.8) is 0 Å². The molecule has 0 aliphatic carbocycles. The fourth-order valence-corrected chi connectivity index (χ4v) is 3.32. The quantitative estimate of drug-likeness (QED) is 0.830. The summed E-state index contributed by atoms with van der Waals surface area (Å²) in [5, 5.41) is 14.0. The molecule has 0 saturated carbocycles. The van der Waals surface area contributed by atoms with E-state index in [1.54, 1.807) is 0 Å². The van der Waals surface area contributed by atoms with Gasteiger partial charge in [-0.2, -0.15) is 5.10 Å². The summed E-state index contributed by atoms with van der Waals surface area (Å²) in [6.45, 7) is 2.15. The fourth-order valence-electron chi connectivity index (χ4n) is 2.37. The number of hydrogen-bond donors (Lipinski definition) is 1. The van der Waals surface area contributed by atoms with Crippen molar-refractivity contribution >= 4 is 31.9 Å². The van der Waals surface area contributed by atoms with Crippen molar-refractivity contribution in [2.75, 3.05) is 6.61 Å². The molecule has 1 aromatic carbocycles. The molecule has 0 aliphatic heterocycles. The van der Waals surface area contributed by atoms with Gasteiger partial charge in [-0.05, 0) is 59.3 Å². The number of halogens is 2. The van der Waals surface area contributed by atoms with Crippen molar-refractivity contribution in [3.05, 3.63) is 50.2 Å². The Kier molecular flexibility index (Phi) is 5.41. The molecule has 2 rings (SSSR count). The van der Waals surface area contributed by atoms with Crippen LogP contribution < -0.4 is 0 Å². The lowest BCUT2D eigenvalue weighted by Gasteiger charge is -2.15. The van der Waals surface area contributed by atoms with E-state index in [1.807, 2.05) is 30.8 Å². The van der Waals surface area contributed by atoms with Crippen molar-refractivity contribution < 1.29 is 5.11 Å². The molecule has 1 N–H and O–H groups in total. The predicted octanol–water partition coefficient (Wildman–Crippen LogP) is 3.65. The first-order valence-corrected chi connectivity index (χ1v) is 8.13. The van der Waals surface area contributed by atoms with Gasteiger partial charge in [0.05, 0.1) is 15.9 Å². The van der Waals surface area contributed by atoms with E-state index in [2.05, 4.69) is 49.1 Å². The number of hydrogen-bond acceptors (Lipinski definition) is 2. The lowest BCUT2D eigenvalue weighted by Crippen LogP contribution is -2.15. The Morgan fingerprint density at radius 1 is 1.30 bits per heavy atom. The molecule has 1 atom stereocenters. The Labute approximate surface area is 136 Å². The third-order valence-corrected chi connectivity index (χ3v) is 4.94. The SMILES string of the molecule is Cc1nn(C)c(CC(CO)Cc2cccc(Br)c2)c1Br. The summed E-state index contributed by atoms with van der Waals surface area (Å²) in [5.74, 6) is 0.190. The van der Waals surface area contributed by atoms with Crippen LogP contribution >= 0.6 is 31.9 Å². The maximum Gasteiger partial charge on any atom is 0.0738 e. The minimum Gasteiger partial charge on any atom is -0.396 e. The van der Waals surface area contributed by atoms with Crippen LogP contribution in [0.25, 0.3) is 0 Å². The lowest BCUT2D eigenvalue weighted by atomic mass is 9.95. The molecule has 0 fully saturated rings. The van der Waals surface area contributed by atoms with Gasteiger partial charge in [-0.25, -0.2) is 0 Å². The molecule has 0 bridgehead atoms. The van der Waals surface area contributed by atoms with E-state index in [1.165, 1.54) is 5.56 Å². The Morgan fingerprint density at radius 2 is 2.05 bits per heavy atom. The maximum absolute atomic E-state index is 9.65. The Bertz CT molecular complexity index is 596. The molecule has 0 amide bonds. The van der Waals surface area contributed by atoms with Gasteiger partial charge in [0.25, 0.3) is 0 Å². The molecule has 1 aromatic heterocycles. The highest BCUT2D eigenvalue weighted by molar-refractivity contribution is 9.10. The third-order valence-electron chi connectivity index (χ3n) is 3.42. The fraction of sp³-hybridized carbons (Fsp3) is 0.400. The summed E-state index contributed by atoms with van der Waals surface area (Å²) in [5.41, 5.74) is 3.35. The first-order valence-electron chi connectivity index (χ1n) is 6.54. The molecule has 1 unspecified atom stereocenters. The molecule has 5 heteroatoms. The van der Waals surface area contributed by atoms with E-state index in [4.69, 9.17) is 0 Å². The zero-order chi connectivity index (χ0) is 14.7. The van der Waals surface area contributed by atoms with E-state index >= 15 is 0 Å². The number of aliphatic hydroxyl groups excluding tert-OH is 1. The standard InChI is InChI=1S/C15H18Br2N2O/c1-10-15(17)14(19(2)18-10)8-12(9-20)6-11-4-3-5-13(16)7-11/h3-5,7,12,20H,6,8-9H2,1-2H3. The topological polar surface area (TPSA) is 38.0 Å². The second-order valence-electron chi connectivity index (χ2n) is 5.06. The lowest BCUT2D eigenvalue weighted by molar-refractivity contribution is 0.223. The van der Waals surface area contributed by atoms with Gasteiger partial charge < -0.3 is 5.11 Å². The average Bonchev–Trinajstić information content (AvgIpc) is 2.64. The first-order chi connectivity index (χ1) is 9.51. The predicted molar refractivity (Wildman–Crippen MR) is 87.8 cm³/mol. The van der Waals surface area contributed by atoms with Crippen molar-refractivity contribution in [2.24, 2.45) is 13.0 Å². The van der Waals surface area contributed by atoms with E-state index in [9.17, 15) is 5.11 Å². The minimum absolute atomic E-state index is 0.170. The van der Waals surface area contributed by atoms with Crippen LogP contribution in [0.5, 0.6) is 0 Å². The molecular weight excluding hydrogens is 384 g/mol. The number of aromatic nitrogens is 2. The molecule has 20 heavy (non-hydrogen) atoms. The highest BCUT2D eigenvalue weighted by atomic mass is 79.9. The number of rotatable bonds is 5. The molecule has 3 nitrogen and oxygen atoms in total. The Morgan fingerprint density at radius 3 is 2.60 bits per heavy atom. The molecule has 1 heterocycles. The largest absolute Gasteiger partial charge is 0.396 e. The van der Waals surface area contributed by atoms with E-state index in [0.29, 0.717) is 0 Å². The minimum atomic E-state index is 0.170. The van der Waals surface area contributed by atoms with Crippen LogP contribution in [0, 0.1) is 12.8 Å². The molecule has 108 valence electrons.